The topological polar surface area (TPSA) is 53.4 Å². The summed E-state index contributed by atoms with van der Waals surface area (Å²) in [6.45, 7) is 4.21. The maximum Gasteiger partial charge on any atom is 0.257 e. The Hall–Kier alpha value is -2.36. The zero-order valence-electron chi connectivity index (χ0n) is 11.9. The van der Waals surface area contributed by atoms with Crippen molar-refractivity contribution in [2.45, 2.75) is 20.4 Å². The van der Waals surface area contributed by atoms with Gasteiger partial charge in [0.25, 0.3) is 5.91 Å². The molecule has 0 saturated carbocycles. The van der Waals surface area contributed by atoms with Gasteiger partial charge in [-0.15, -0.1) is 0 Å². The first-order chi connectivity index (χ1) is 9.47. The number of carbonyl (C=O) groups is 1. The number of rotatable bonds is 3. The van der Waals surface area contributed by atoms with Crippen LogP contribution in [0.3, 0.4) is 0 Å². The summed E-state index contributed by atoms with van der Waals surface area (Å²) in [5.41, 5.74) is 3.00. The van der Waals surface area contributed by atoms with E-state index in [4.69, 9.17) is 0 Å². The van der Waals surface area contributed by atoms with Crippen LogP contribution < -0.4 is 0 Å². The number of benzene rings is 1. The Bertz CT molecular complexity index is 638. The van der Waals surface area contributed by atoms with Crippen LogP contribution in [-0.4, -0.2) is 27.9 Å². The van der Waals surface area contributed by atoms with Crippen molar-refractivity contribution in [1.29, 1.82) is 0 Å². The minimum absolute atomic E-state index is 0.00431. The predicted octanol–water partition coefficient (Wildman–Crippen LogP) is 2.68. The molecule has 1 aromatic carbocycles. The Morgan fingerprint density at radius 1 is 1.25 bits per heavy atom. The zero-order chi connectivity index (χ0) is 14.7. The van der Waals surface area contributed by atoms with Crippen molar-refractivity contribution in [2.24, 2.45) is 0 Å². The number of hydrogen-bond acceptors (Lipinski definition) is 3. The SMILES string of the molecule is Cc1ccc(O)c(C(=O)N(C)Cc2cccc(C)n2)c1. The molecule has 2 aromatic rings. The van der Waals surface area contributed by atoms with E-state index in [0.29, 0.717) is 12.1 Å². The number of hydrogen-bond donors (Lipinski definition) is 1. The average Bonchev–Trinajstić information content (AvgIpc) is 2.40. The van der Waals surface area contributed by atoms with Crippen LogP contribution in [-0.2, 0) is 6.54 Å². The summed E-state index contributed by atoms with van der Waals surface area (Å²) in [7, 11) is 1.70. The molecule has 0 aliphatic carbocycles. The van der Waals surface area contributed by atoms with Gasteiger partial charge in [-0.3, -0.25) is 9.78 Å². The van der Waals surface area contributed by atoms with E-state index in [1.807, 2.05) is 32.0 Å². The summed E-state index contributed by atoms with van der Waals surface area (Å²) in [4.78, 5) is 18.3. The van der Waals surface area contributed by atoms with Crippen LogP contribution in [0, 0.1) is 13.8 Å². The molecule has 0 saturated heterocycles. The van der Waals surface area contributed by atoms with Crippen LogP contribution in [0.25, 0.3) is 0 Å². The van der Waals surface area contributed by atoms with Gasteiger partial charge in [0, 0.05) is 12.7 Å². The summed E-state index contributed by atoms with van der Waals surface area (Å²) in [6, 6.07) is 10.7. The highest BCUT2D eigenvalue weighted by molar-refractivity contribution is 5.96. The minimum Gasteiger partial charge on any atom is -0.507 e. The first-order valence-electron chi connectivity index (χ1n) is 6.45. The molecule has 1 amide bonds. The fourth-order valence-corrected chi connectivity index (χ4v) is 2.03. The first-order valence-corrected chi connectivity index (χ1v) is 6.45. The number of carbonyl (C=O) groups excluding carboxylic acids is 1. The van der Waals surface area contributed by atoms with Gasteiger partial charge >= 0.3 is 0 Å². The normalized spacial score (nSPS) is 10.3. The van der Waals surface area contributed by atoms with Gasteiger partial charge < -0.3 is 10.0 Å². The summed E-state index contributed by atoms with van der Waals surface area (Å²) in [6.07, 6.45) is 0. The lowest BCUT2D eigenvalue weighted by molar-refractivity contribution is 0.0780. The van der Waals surface area contributed by atoms with E-state index in [1.54, 1.807) is 30.1 Å². The fourth-order valence-electron chi connectivity index (χ4n) is 2.03. The smallest absolute Gasteiger partial charge is 0.257 e. The Balaban J connectivity index is 2.18. The molecule has 1 N–H and O–H groups in total. The minimum atomic E-state index is -0.213. The van der Waals surface area contributed by atoms with Gasteiger partial charge in [-0.05, 0) is 38.1 Å². The lowest BCUT2D eigenvalue weighted by Gasteiger charge is -2.18. The summed E-state index contributed by atoms with van der Waals surface area (Å²) in [5.74, 6) is -0.209. The van der Waals surface area contributed by atoms with Crippen LogP contribution in [0.5, 0.6) is 5.75 Å². The lowest BCUT2D eigenvalue weighted by atomic mass is 10.1. The van der Waals surface area contributed by atoms with Crippen molar-refractivity contribution in [2.75, 3.05) is 7.05 Å². The molecule has 20 heavy (non-hydrogen) atoms. The number of nitrogens with zero attached hydrogens (tertiary/aromatic N) is 2. The molecule has 0 atom stereocenters. The largest absolute Gasteiger partial charge is 0.507 e. The molecule has 1 aromatic heterocycles. The number of pyridine rings is 1. The fraction of sp³-hybridized carbons (Fsp3) is 0.250. The van der Waals surface area contributed by atoms with Gasteiger partial charge in [0.15, 0.2) is 0 Å². The lowest BCUT2D eigenvalue weighted by Crippen LogP contribution is -2.26. The van der Waals surface area contributed by atoms with Crippen molar-refractivity contribution in [3.63, 3.8) is 0 Å². The Labute approximate surface area is 118 Å². The van der Waals surface area contributed by atoms with E-state index >= 15 is 0 Å². The third kappa shape index (κ3) is 3.15. The summed E-state index contributed by atoms with van der Waals surface area (Å²) >= 11 is 0. The third-order valence-corrected chi connectivity index (χ3v) is 3.07. The number of aromatic nitrogens is 1. The monoisotopic (exact) mass is 270 g/mol. The highest BCUT2D eigenvalue weighted by Crippen LogP contribution is 2.20. The van der Waals surface area contributed by atoms with Crippen molar-refractivity contribution in [3.8, 4) is 5.75 Å². The quantitative estimate of drug-likeness (QED) is 0.933. The molecule has 0 spiro atoms. The second-order valence-electron chi connectivity index (χ2n) is 4.95. The molecular weight excluding hydrogens is 252 g/mol. The molecule has 0 fully saturated rings. The van der Waals surface area contributed by atoms with Crippen molar-refractivity contribution < 1.29 is 9.90 Å². The van der Waals surface area contributed by atoms with Crippen molar-refractivity contribution in [3.05, 3.63) is 58.9 Å². The van der Waals surface area contributed by atoms with E-state index in [2.05, 4.69) is 4.98 Å². The van der Waals surface area contributed by atoms with Crippen LogP contribution in [0.1, 0.15) is 27.3 Å². The van der Waals surface area contributed by atoms with Gasteiger partial charge in [0.1, 0.15) is 5.75 Å². The number of aryl methyl sites for hydroxylation is 2. The van der Waals surface area contributed by atoms with Crippen LogP contribution >= 0.6 is 0 Å². The molecule has 2 rings (SSSR count). The summed E-state index contributed by atoms with van der Waals surface area (Å²) in [5, 5.41) is 9.80. The van der Waals surface area contributed by atoms with Crippen LogP contribution in [0.2, 0.25) is 0 Å². The van der Waals surface area contributed by atoms with Gasteiger partial charge in [-0.25, -0.2) is 0 Å². The second kappa shape index (κ2) is 5.74. The zero-order valence-corrected chi connectivity index (χ0v) is 11.9. The Kier molecular flexibility index (Phi) is 4.03. The Morgan fingerprint density at radius 3 is 2.70 bits per heavy atom. The molecule has 4 nitrogen and oxygen atoms in total. The number of amides is 1. The predicted molar refractivity (Wildman–Crippen MR) is 77.6 cm³/mol. The third-order valence-electron chi connectivity index (χ3n) is 3.07. The van der Waals surface area contributed by atoms with Crippen LogP contribution in [0.15, 0.2) is 36.4 Å². The van der Waals surface area contributed by atoms with E-state index < -0.39 is 0 Å². The van der Waals surface area contributed by atoms with E-state index in [-0.39, 0.29) is 11.7 Å². The molecule has 0 radical (unpaired) electrons. The van der Waals surface area contributed by atoms with Crippen molar-refractivity contribution in [1.82, 2.24) is 9.88 Å². The maximum atomic E-state index is 12.3. The van der Waals surface area contributed by atoms with Gasteiger partial charge in [0.05, 0.1) is 17.8 Å². The highest BCUT2D eigenvalue weighted by Gasteiger charge is 2.16. The molecule has 0 aliphatic heterocycles. The molecular formula is C16H18N2O2. The van der Waals surface area contributed by atoms with Crippen molar-refractivity contribution >= 4 is 5.91 Å². The van der Waals surface area contributed by atoms with Gasteiger partial charge in [0.2, 0.25) is 0 Å². The number of aromatic hydroxyl groups is 1. The highest BCUT2D eigenvalue weighted by atomic mass is 16.3. The molecule has 4 heteroatoms. The standard InChI is InChI=1S/C16H18N2O2/c1-11-7-8-15(19)14(9-11)16(20)18(3)10-13-6-4-5-12(2)17-13/h4-9,19H,10H2,1-3H3. The molecule has 0 unspecified atom stereocenters. The average molecular weight is 270 g/mol. The van der Waals surface area contributed by atoms with Gasteiger partial charge in [-0.1, -0.05) is 17.7 Å². The molecule has 0 aliphatic rings. The number of phenols is 1. The van der Waals surface area contributed by atoms with Gasteiger partial charge in [-0.2, -0.15) is 0 Å². The van der Waals surface area contributed by atoms with E-state index in [9.17, 15) is 9.90 Å². The first kappa shape index (κ1) is 14.1. The van der Waals surface area contributed by atoms with E-state index in [0.717, 1.165) is 17.0 Å². The molecule has 104 valence electrons. The molecule has 0 bridgehead atoms. The Morgan fingerprint density at radius 2 is 2.00 bits per heavy atom. The second-order valence-corrected chi connectivity index (χ2v) is 4.95. The van der Waals surface area contributed by atoms with Crippen LogP contribution in [0.4, 0.5) is 0 Å². The summed E-state index contributed by atoms with van der Waals surface area (Å²) < 4.78 is 0. The molecule has 1 heterocycles. The number of phenolic OH excluding ortho intramolecular Hbond substituents is 1. The maximum absolute atomic E-state index is 12.3. The van der Waals surface area contributed by atoms with E-state index in [1.165, 1.54) is 0 Å².